The van der Waals surface area contributed by atoms with Crippen LogP contribution in [0.25, 0.3) is 88.8 Å². The average molecular weight is 576 g/mol. The number of benzene rings is 7. The molecule has 4 heteroatoms. The molecule has 0 amide bonds. The summed E-state index contributed by atoms with van der Waals surface area (Å²) in [4.78, 5) is 14.9. The van der Waals surface area contributed by atoms with E-state index in [9.17, 15) is 0 Å². The van der Waals surface area contributed by atoms with Gasteiger partial charge in [-0.2, -0.15) is 0 Å². The monoisotopic (exact) mass is 575 g/mol. The molecule has 0 radical (unpaired) electrons. The van der Waals surface area contributed by atoms with Crippen molar-refractivity contribution in [3.05, 3.63) is 152 Å². The lowest BCUT2D eigenvalue weighted by Gasteiger charge is -2.10. The maximum atomic E-state index is 6.54. The van der Waals surface area contributed by atoms with Crippen molar-refractivity contribution in [2.45, 2.75) is 0 Å². The van der Waals surface area contributed by atoms with Crippen molar-refractivity contribution in [1.29, 1.82) is 0 Å². The summed E-state index contributed by atoms with van der Waals surface area (Å²) in [5.41, 5.74) is 6.63. The Balaban J connectivity index is 1.21. The SMILES string of the molecule is c1ccc(-c2nc(-c3cccc(-c4cccc5c4oc4cc6ccccc6cc45)c3)nc(-c3ccc4ccccc4c3)n2)cc1. The third kappa shape index (κ3) is 4.43. The van der Waals surface area contributed by atoms with Crippen molar-refractivity contribution in [3.8, 4) is 45.3 Å². The van der Waals surface area contributed by atoms with Crippen LogP contribution in [0.2, 0.25) is 0 Å². The van der Waals surface area contributed by atoms with E-state index in [4.69, 9.17) is 19.4 Å². The van der Waals surface area contributed by atoms with Crippen LogP contribution in [0.15, 0.2) is 156 Å². The minimum absolute atomic E-state index is 0.622. The zero-order chi connectivity index (χ0) is 29.7. The third-order valence-corrected chi connectivity index (χ3v) is 8.47. The molecule has 9 rings (SSSR count). The fourth-order valence-electron chi connectivity index (χ4n) is 6.22. The summed E-state index contributed by atoms with van der Waals surface area (Å²) >= 11 is 0. The Kier molecular flexibility index (Phi) is 5.78. The molecule has 0 fully saturated rings. The molecule has 0 unspecified atom stereocenters. The van der Waals surface area contributed by atoms with Gasteiger partial charge in [-0.05, 0) is 51.4 Å². The second-order valence-electron chi connectivity index (χ2n) is 11.3. The van der Waals surface area contributed by atoms with E-state index in [1.165, 1.54) is 16.2 Å². The molecule has 0 N–H and O–H groups in total. The molecule has 2 heterocycles. The summed E-state index contributed by atoms with van der Waals surface area (Å²) in [6.07, 6.45) is 0. The zero-order valence-corrected chi connectivity index (χ0v) is 24.2. The predicted molar refractivity (Wildman–Crippen MR) is 184 cm³/mol. The van der Waals surface area contributed by atoms with Crippen molar-refractivity contribution >= 4 is 43.5 Å². The van der Waals surface area contributed by atoms with E-state index in [-0.39, 0.29) is 0 Å². The van der Waals surface area contributed by atoms with Crippen LogP contribution in [0.1, 0.15) is 0 Å². The largest absolute Gasteiger partial charge is 0.455 e. The van der Waals surface area contributed by atoms with Crippen LogP contribution >= 0.6 is 0 Å². The third-order valence-electron chi connectivity index (χ3n) is 8.47. The molecule has 7 aromatic carbocycles. The first kappa shape index (κ1) is 25.4. The van der Waals surface area contributed by atoms with Gasteiger partial charge >= 0.3 is 0 Å². The van der Waals surface area contributed by atoms with Crippen LogP contribution in [0.4, 0.5) is 0 Å². The minimum atomic E-state index is 0.622. The van der Waals surface area contributed by atoms with Gasteiger partial charge in [0.25, 0.3) is 0 Å². The minimum Gasteiger partial charge on any atom is -0.455 e. The van der Waals surface area contributed by atoms with Crippen molar-refractivity contribution in [2.24, 2.45) is 0 Å². The summed E-state index contributed by atoms with van der Waals surface area (Å²) < 4.78 is 6.54. The summed E-state index contributed by atoms with van der Waals surface area (Å²) in [6, 6.07) is 52.2. The molecule has 2 aromatic heterocycles. The Morgan fingerprint density at radius 2 is 0.933 bits per heavy atom. The maximum absolute atomic E-state index is 6.54. The Morgan fingerprint density at radius 3 is 1.71 bits per heavy atom. The van der Waals surface area contributed by atoms with Crippen molar-refractivity contribution in [1.82, 2.24) is 15.0 Å². The van der Waals surface area contributed by atoms with Crippen molar-refractivity contribution < 1.29 is 4.42 Å². The molecule has 210 valence electrons. The Labute approximate surface area is 259 Å². The second kappa shape index (κ2) is 10.2. The average Bonchev–Trinajstić information content (AvgIpc) is 3.48. The summed E-state index contributed by atoms with van der Waals surface area (Å²) in [6.45, 7) is 0. The number of hydrogen-bond acceptors (Lipinski definition) is 4. The number of fused-ring (bicyclic) bond motifs is 5. The first-order chi connectivity index (χ1) is 22.3. The van der Waals surface area contributed by atoms with Crippen LogP contribution in [0.3, 0.4) is 0 Å². The Bertz CT molecular complexity index is 2550. The molecule has 0 aliphatic carbocycles. The fourth-order valence-corrected chi connectivity index (χ4v) is 6.22. The molecule has 0 aliphatic heterocycles. The van der Waals surface area contributed by atoms with Crippen LogP contribution in [0.5, 0.6) is 0 Å². The van der Waals surface area contributed by atoms with Crippen LogP contribution in [-0.4, -0.2) is 15.0 Å². The highest BCUT2D eigenvalue weighted by molar-refractivity contribution is 6.13. The molecule has 0 saturated carbocycles. The Hall–Kier alpha value is -6.13. The molecular formula is C41H25N3O. The normalized spacial score (nSPS) is 11.6. The van der Waals surface area contributed by atoms with Gasteiger partial charge in [0, 0.05) is 33.0 Å². The Morgan fingerprint density at radius 1 is 0.356 bits per heavy atom. The van der Waals surface area contributed by atoms with E-state index < -0.39 is 0 Å². The van der Waals surface area contributed by atoms with Gasteiger partial charge < -0.3 is 4.42 Å². The number of rotatable bonds is 4. The lowest BCUT2D eigenvalue weighted by molar-refractivity contribution is 0.670. The summed E-state index contributed by atoms with van der Waals surface area (Å²) in [7, 11) is 0. The maximum Gasteiger partial charge on any atom is 0.164 e. The number of para-hydroxylation sites is 1. The molecule has 45 heavy (non-hydrogen) atoms. The topological polar surface area (TPSA) is 51.8 Å². The van der Waals surface area contributed by atoms with E-state index in [0.717, 1.165) is 55.1 Å². The standard InChI is InChI=1S/C41H25N3O/c1-2-11-27(12-3-1)39-42-40(44-41(43-39)33-21-20-26-10-4-5-13-28(26)22-33)32-17-8-16-31(23-32)34-18-9-19-35-36-24-29-14-6-7-15-30(29)25-37(36)45-38(34)35/h1-25H. The highest BCUT2D eigenvalue weighted by Crippen LogP contribution is 2.38. The van der Waals surface area contributed by atoms with Gasteiger partial charge in [0.05, 0.1) is 0 Å². The van der Waals surface area contributed by atoms with Gasteiger partial charge in [0.1, 0.15) is 11.2 Å². The highest BCUT2D eigenvalue weighted by atomic mass is 16.3. The first-order valence-electron chi connectivity index (χ1n) is 15.0. The summed E-state index contributed by atoms with van der Waals surface area (Å²) in [5.74, 6) is 1.90. The van der Waals surface area contributed by atoms with E-state index in [1.807, 2.05) is 30.3 Å². The molecule has 0 saturated heterocycles. The van der Waals surface area contributed by atoms with E-state index in [2.05, 4.69) is 121 Å². The molecule has 4 nitrogen and oxygen atoms in total. The van der Waals surface area contributed by atoms with E-state index in [0.29, 0.717) is 17.5 Å². The van der Waals surface area contributed by atoms with E-state index >= 15 is 0 Å². The lowest BCUT2D eigenvalue weighted by Crippen LogP contribution is -2.00. The van der Waals surface area contributed by atoms with Gasteiger partial charge in [-0.1, -0.05) is 127 Å². The van der Waals surface area contributed by atoms with Crippen LogP contribution < -0.4 is 0 Å². The summed E-state index contributed by atoms with van der Waals surface area (Å²) in [5, 5.41) is 6.91. The zero-order valence-electron chi connectivity index (χ0n) is 24.2. The molecular weight excluding hydrogens is 550 g/mol. The molecule has 0 aliphatic rings. The molecule has 0 bridgehead atoms. The van der Waals surface area contributed by atoms with Crippen molar-refractivity contribution in [3.63, 3.8) is 0 Å². The first-order valence-corrected chi connectivity index (χ1v) is 15.0. The smallest absolute Gasteiger partial charge is 0.164 e. The van der Waals surface area contributed by atoms with Gasteiger partial charge in [-0.15, -0.1) is 0 Å². The van der Waals surface area contributed by atoms with Crippen LogP contribution in [-0.2, 0) is 0 Å². The lowest BCUT2D eigenvalue weighted by atomic mass is 9.99. The fraction of sp³-hybridized carbons (Fsp3) is 0. The predicted octanol–water partition coefficient (Wildman–Crippen LogP) is 10.7. The van der Waals surface area contributed by atoms with Crippen LogP contribution in [0, 0.1) is 0 Å². The molecule has 0 atom stereocenters. The van der Waals surface area contributed by atoms with Gasteiger partial charge in [-0.25, -0.2) is 15.0 Å². The molecule has 9 aromatic rings. The quantitative estimate of drug-likeness (QED) is 0.209. The number of hydrogen-bond donors (Lipinski definition) is 0. The van der Waals surface area contributed by atoms with Gasteiger partial charge in [0.15, 0.2) is 17.5 Å². The van der Waals surface area contributed by atoms with Gasteiger partial charge in [-0.3, -0.25) is 0 Å². The van der Waals surface area contributed by atoms with Gasteiger partial charge in [0.2, 0.25) is 0 Å². The van der Waals surface area contributed by atoms with Crippen molar-refractivity contribution in [2.75, 3.05) is 0 Å². The molecule has 0 spiro atoms. The number of furan rings is 1. The number of aromatic nitrogens is 3. The highest BCUT2D eigenvalue weighted by Gasteiger charge is 2.16. The van der Waals surface area contributed by atoms with E-state index in [1.54, 1.807) is 0 Å². The number of nitrogens with zero attached hydrogens (tertiary/aromatic N) is 3. The second-order valence-corrected chi connectivity index (χ2v) is 11.3.